The minimum atomic E-state index is -0.0720. The van der Waals surface area contributed by atoms with Gasteiger partial charge in [-0.2, -0.15) is 0 Å². The number of ketones is 1. The molecular weight excluding hydrogens is 295 g/mol. The number of hydrogen-bond donors (Lipinski definition) is 0. The smallest absolute Gasteiger partial charge is 0.163 e. The Morgan fingerprint density at radius 2 is 2.14 bits per heavy atom. The van der Waals surface area contributed by atoms with Gasteiger partial charge in [-0.1, -0.05) is 0 Å². The van der Waals surface area contributed by atoms with Crippen LogP contribution in [0.5, 0.6) is 5.75 Å². The van der Waals surface area contributed by atoms with Gasteiger partial charge in [0, 0.05) is 9.13 Å². The number of carbonyl (C=O) groups is 2. The van der Waals surface area contributed by atoms with Crippen LogP contribution in [0.4, 0.5) is 0 Å². The van der Waals surface area contributed by atoms with Crippen LogP contribution in [0.2, 0.25) is 0 Å². The predicted molar refractivity (Wildman–Crippen MR) is 61.1 cm³/mol. The van der Waals surface area contributed by atoms with Gasteiger partial charge >= 0.3 is 0 Å². The Morgan fingerprint density at radius 1 is 1.50 bits per heavy atom. The van der Waals surface area contributed by atoms with E-state index in [4.69, 9.17) is 4.74 Å². The number of hydrogen-bond acceptors (Lipinski definition) is 3. The van der Waals surface area contributed by atoms with Crippen molar-refractivity contribution < 1.29 is 14.3 Å². The van der Waals surface area contributed by atoms with Crippen molar-refractivity contribution in [2.24, 2.45) is 0 Å². The minimum absolute atomic E-state index is 0.0720. The molecule has 14 heavy (non-hydrogen) atoms. The lowest BCUT2D eigenvalue weighted by Gasteiger charge is -2.07. The van der Waals surface area contributed by atoms with E-state index in [1.54, 1.807) is 12.1 Å². The first-order chi connectivity index (χ1) is 6.60. The molecular formula is C10H9IO3. The summed E-state index contributed by atoms with van der Waals surface area (Å²) in [6.07, 6.45) is 0.744. The van der Waals surface area contributed by atoms with Gasteiger partial charge in [0.15, 0.2) is 12.1 Å². The summed E-state index contributed by atoms with van der Waals surface area (Å²) in [5.41, 5.74) is 1.04. The number of rotatable bonds is 3. The van der Waals surface area contributed by atoms with Crippen LogP contribution < -0.4 is 4.74 Å². The third-order valence-electron chi connectivity index (χ3n) is 1.83. The van der Waals surface area contributed by atoms with Crippen molar-refractivity contribution in [1.29, 1.82) is 0 Å². The van der Waals surface area contributed by atoms with Crippen molar-refractivity contribution >= 4 is 34.7 Å². The third-order valence-corrected chi connectivity index (χ3v) is 2.76. The van der Waals surface area contributed by atoms with Gasteiger partial charge in [0.1, 0.15) is 5.75 Å². The van der Waals surface area contributed by atoms with Crippen LogP contribution >= 0.6 is 22.6 Å². The lowest BCUT2D eigenvalue weighted by Crippen LogP contribution is -2.00. The van der Waals surface area contributed by atoms with Crippen molar-refractivity contribution in [2.75, 3.05) is 7.11 Å². The molecule has 1 rings (SSSR count). The van der Waals surface area contributed by atoms with Crippen LogP contribution in [-0.2, 0) is 0 Å². The molecule has 0 radical (unpaired) electrons. The Kier molecular flexibility index (Phi) is 3.62. The molecule has 0 atom stereocenters. The van der Waals surface area contributed by atoms with Gasteiger partial charge in [0.05, 0.1) is 12.7 Å². The van der Waals surface area contributed by atoms with E-state index in [2.05, 4.69) is 0 Å². The van der Waals surface area contributed by atoms with E-state index in [-0.39, 0.29) is 5.78 Å². The lowest BCUT2D eigenvalue weighted by atomic mass is 10.1. The van der Waals surface area contributed by atoms with Crippen molar-refractivity contribution in [2.45, 2.75) is 6.92 Å². The van der Waals surface area contributed by atoms with Gasteiger partial charge in [-0.15, -0.1) is 0 Å². The van der Waals surface area contributed by atoms with Crippen LogP contribution in [-0.4, -0.2) is 19.2 Å². The molecule has 3 nitrogen and oxygen atoms in total. The Morgan fingerprint density at radius 3 is 2.57 bits per heavy atom. The van der Waals surface area contributed by atoms with Gasteiger partial charge in [-0.05, 0) is 41.6 Å². The molecule has 1 aromatic carbocycles. The van der Waals surface area contributed by atoms with Gasteiger partial charge in [0.2, 0.25) is 0 Å². The number of aldehydes is 1. The number of halogens is 1. The number of methoxy groups -OCH3 is 1. The fraction of sp³-hybridized carbons (Fsp3) is 0.200. The van der Waals surface area contributed by atoms with Crippen LogP contribution in [0.1, 0.15) is 27.6 Å². The first kappa shape index (κ1) is 11.2. The van der Waals surface area contributed by atoms with E-state index in [0.717, 1.165) is 9.86 Å². The molecule has 0 saturated heterocycles. The summed E-state index contributed by atoms with van der Waals surface area (Å²) in [5.74, 6) is 0.372. The molecule has 1 aromatic rings. The Bertz CT molecular complexity index is 385. The fourth-order valence-electron chi connectivity index (χ4n) is 1.10. The van der Waals surface area contributed by atoms with Crippen LogP contribution in [0, 0.1) is 3.57 Å². The Labute approximate surface area is 95.6 Å². The van der Waals surface area contributed by atoms with Gasteiger partial charge in [-0.3, -0.25) is 9.59 Å². The highest BCUT2D eigenvalue weighted by molar-refractivity contribution is 14.1. The lowest BCUT2D eigenvalue weighted by molar-refractivity contribution is 0.101. The summed E-state index contributed by atoms with van der Waals surface area (Å²) in [7, 11) is 1.48. The van der Waals surface area contributed by atoms with E-state index in [9.17, 15) is 9.59 Å². The summed E-state index contributed by atoms with van der Waals surface area (Å²) in [6.45, 7) is 1.47. The molecule has 0 aromatic heterocycles. The average Bonchev–Trinajstić information content (AvgIpc) is 2.17. The van der Waals surface area contributed by atoms with E-state index in [0.29, 0.717) is 16.9 Å². The quantitative estimate of drug-likeness (QED) is 0.489. The zero-order valence-corrected chi connectivity index (χ0v) is 9.99. The zero-order valence-electron chi connectivity index (χ0n) is 7.83. The monoisotopic (exact) mass is 304 g/mol. The molecule has 0 aliphatic heterocycles. The van der Waals surface area contributed by atoms with Crippen LogP contribution in [0.25, 0.3) is 0 Å². The molecule has 0 N–H and O–H groups in total. The maximum atomic E-state index is 11.2. The molecule has 0 bridgehead atoms. The molecule has 0 unspecified atom stereocenters. The topological polar surface area (TPSA) is 43.4 Å². The molecule has 0 aliphatic carbocycles. The minimum Gasteiger partial charge on any atom is -0.496 e. The molecule has 74 valence electrons. The van der Waals surface area contributed by atoms with E-state index < -0.39 is 0 Å². The second kappa shape index (κ2) is 4.54. The highest BCUT2D eigenvalue weighted by Gasteiger charge is 2.11. The summed E-state index contributed by atoms with van der Waals surface area (Å²) in [5, 5.41) is 0. The second-order valence-electron chi connectivity index (χ2n) is 2.75. The Hall–Kier alpha value is -0.910. The molecule has 0 amide bonds. The van der Waals surface area contributed by atoms with Gasteiger partial charge < -0.3 is 4.74 Å². The van der Waals surface area contributed by atoms with Gasteiger partial charge in [-0.25, -0.2) is 0 Å². The number of Topliss-reactive ketones (excluding diaryl/α,β-unsaturated/α-hetero) is 1. The molecule has 0 fully saturated rings. The number of carbonyl (C=O) groups excluding carboxylic acids is 2. The molecule has 0 saturated carbocycles. The molecule has 0 heterocycles. The summed E-state index contributed by atoms with van der Waals surface area (Å²) >= 11 is 2.01. The second-order valence-corrected chi connectivity index (χ2v) is 3.91. The zero-order chi connectivity index (χ0) is 10.7. The van der Waals surface area contributed by atoms with Crippen molar-refractivity contribution in [3.63, 3.8) is 0 Å². The Balaban J connectivity index is 3.38. The molecule has 0 spiro atoms. The van der Waals surface area contributed by atoms with Crippen LogP contribution in [0.3, 0.4) is 0 Å². The maximum absolute atomic E-state index is 11.2. The highest BCUT2D eigenvalue weighted by atomic mass is 127. The third kappa shape index (κ3) is 2.12. The maximum Gasteiger partial charge on any atom is 0.163 e. The largest absolute Gasteiger partial charge is 0.496 e. The average molecular weight is 304 g/mol. The van der Waals surface area contributed by atoms with Crippen LogP contribution in [0.15, 0.2) is 12.1 Å². The fourth-order valence-corrected chi connectivity index (χ4v) is 1.70. The number of ether oxygens (including phenoxy) is 1. The summed E-state index contributed by atoms with van der Waals surface area (Å²) in [4.78, 5) is 21.8. The molecule has 0 aliphatic rings. The van der Waals surface area contributed by atoms with Crippen molar-refractivity contribution in [3.05, 3.63) is 26.8 Å². The van der Waals surface area contributed by atoms with Crippen molar-refractivity contribution in [1.82, 2.24) is 0 Å². The first-order valence-corrected chi connectivity index (χ1v) is 5.01. The number of benzene rings is 1. The summed E-state index contributed by atoms with van der Waals surface area (Å²) in [6, 6.07) is 3.23. The van der Waals surface area contributed by atoms with E-state index >= 15 is 0 Å². The van der Waals surface area contributed by atoms with E-state index in [1.165, 1.54) is 14.0 Å². The highest BCUT2D eigenvalue weighted by Crippen LogP contribution is 2.24. The first-order valence-electron chi connectivity index (χ1n) is 3.93. The predicted octanol–water partition coefficient (Wildman–Crippen LogP) is 2.31. The molecule has 4 heteroatoms. The normalized spacial score (nSPS) is 9.64. The van der Waals surface area contributed by atoms with Crippen molar-refractivity contribution in [3.8, 4) is 5.75 Å². The standard InChI is InChI=1S/C10H9IO3/c1-6(13)8-4-9(11)7(5-12)3-10(8)14-2/h3-5H,1-2H3. The van der Waals surface area contributed by atoms with Gasteiger partial charge in [0.25, 0.3) is 0 Å². The summed E-state index contributed by atoms with van der Waals surface area (Å²) < 4.78 is 5.77. The SMILES string of the molecule is COc1cc(C=O)c(I)cc1C(C)=O. The van der Waals surface area contributed by atoms with E-state index in [1.807, 2.05) is 22.6 Å².